The summed E-state index contributed by atoms with van der Waals surface area (Å²) in [5.74, 6) is 2.35. The van der Waals surface area contributed by atoms with E-state index in [0.29, 0.717) is 23.7 Å². The van der Waals surface area contributed by atoms with Gasteiger partial charge in [-0.1, -0.05) is 12.0 Å². The van der Waals surface area contributed by atoms with Crippen LogP contribution in [0.25, 0.3) is 11.5 Å². The molecule has 7 heteroatoms. The Hall–Kier alpha value is -2.57. The molecule has 2 saturated heterocycles. The third-order valence-corrected chi connectivity index (χ3v) is 5.83. The Bertz CT molecular complexity index is 796. The third kappa shape index (κ3) is 3.98. The lowest BCUT2D eigenvalue weighted by atomic mass is 9.93. The molecule has 0 spiro atoms. The van der Waals surface area contributed by atoms with Crippen LogP contribution in [0.3, 0.4) is 0 Å². The molecule has 0 radical (unpaired) electrons. The predicted molar refractivity (Wildman–Crippen MR) is 106 cm³/mol. The van der Waals surface area contributed by atoms with Crippen molar-refractivity contribution in [3.8, 4) is 17.2 Å². The van der Waals surface area contributed by atoms with Crippen LogP contribution < -0.4 is 9.64 Å². The first-order valence-corrected chi connectivity index (χ1v) is 10.2. The predicted octanol–water partition coefficient (Wildman–Crippen LogP) is 3.22. The number of anilines is 1. The molecule has 2 aromatic rings. The van der Waals surface area contributed by atoms with Crippen molar-refractivity contribution < 1.29 is 13.9 Å². The Kier molecular flexibility index (Phi) is 5.50. The van der Waals surface area contributed by atoms with Gasteiger partial charge < -0.3 is 19.0 Å². The molecule has 2 aliphatic heterocycles. The number of hydrogen-bond acceptors (Lipinski definition) is 6. The molecule has 2 fully saturated rings. The van der Waals surface area contributed by atoms with Crippen LogP contribution in [0, 0.1) is 11.8 Å². The maximum Gasteiger partial charge on any atom is 0.318 e. The monoisotopic (exact) mass is 384 g/mol. The Balaban J connectivity index is 1.35. The van der Waals surface area contributed by atoms with Gasteiger partial charge in [-0.05, 0) is 55.9 Å². The minimum Gasteiger partial charge on any atom is -0.497 e. The van der Waals surface area contributed by atoms with Gasteiger partial charge in [-0.2, -0.15) is 0 Å². The smallest absolute Gasteiger partial charge is 0.318 e. The maximum absolute atomic E-state index is 12.8. The zero-order valence-corrected chi connectivity index (χ0v) is 16.6. The fraction of sp³-hybridized carbons (Fsp3) is 0.571. The highest BCUT2D eigenvalue weighted by Crippen LogP contribution is 2.28. The van der Waals surface area contributed by atoms with Crippen LogP contribution in [-0.2, 0) is 4.79 Å². The number of rotatable bonds is 4. The minimum atomic E-state index is 0.116. The molecular weight excluding hydrogens is 356 g/mol. The second-order valence-corrected chi connectivity index (χ2v) is 7.91. The number of benzene rings is 1. The van der Waals surface area contributed by atoms with Crippen LogP contribution >= 0.6 is 0 Å². The van der Waals surface area contributed by atoms with Crippen molar-refractivity contribution in [1.82, 2.24) is 15.1 Å². The standard InChI is InChI=1S/C21H28N4O3/c1-15-4-3-11-25(14-15)20(26)17-9-12-24(13-10-17)21-23-22-19(28-21)16-5-7-18(27-2)8-6-16/h5-8,15,17H,3-4,9-14H2,1-2H3. The van der Waals surface area contributed by atoms with E-state index in [-0.39, 0.29) is 5.92 Å². The fourth-order valence-corrected chi connectivity index (χ4v) is 4.16. The number of aromatic nitrogens is 2. The fourth-order valence-electron chi connectivity index (χ4n) is 4.16. The maximum atomic E-state index is 12.8. The second-order valence-electron chi connectivity index (χ2n) is 7.91. The van der Waals surface area contributed by atoms with E-state index in [2.05, 4.69) is 26.9 Å². The summed E-state index contributed by atoms with van der Waals surface area (Å²) in [6.45, 7) is 5.60. The van der Waals surface area contributed by atoms with Gasteiger partial charge in [0.25, 0.3) is 0 Å². The van der Waals surface area contributed by atoms with Crippen LogP contribution in [0.2, 0.25) is 0 Å². The van der Waals surface area contributed by atoms with Gasteiger partial charge in [-0.15, -0.1) is 5.10 Å². The van der Waals surface area contributed by atoms with E-state index in [1.54, 1.807) is 7.11 Å². The van der Waals surface area contributed by atoms with Gasteiger partial charge >= 0.3 is 6.01 Å². The van der Waals surface area contributed by atoms with Crippen molar-refractivity contribution in [1.29, 1.82) is 0 Å². The molecule has 3 heterocycles. The number of ether oxygens (including phenoxy) is 1. The average molecular weight is 384 g/mol. The molecule has 0 N–H and O–H groups in total. The lowest BCUT2D eigenvalue weighted by molar-refractivity contribution is -0.137. The molecule has 0 aliphatic carbocycles. The summed E-state index contributed by atoms with van der Waals surface area (Å²) >= 11 is 0. The molecule has 0 saturated carbocycles. The molecule has 0 bridgehead atoms. The van der Waals surface area contributed by atoms with Crippen LogP contribution in [0.1, 0.15) is 32.6 Å². The van der Waals surface area contributed by atoms with E-state index >= 15 is 0 Å². The summed E-state index contributed by atoms with van der Waals surface area (Å²) in [4.78, 5) is 17.0. The molecule has 1 aromatic carbocycles. The van der Waals surface area contributed by atoms with E-state index in [0.717, 1.165) is 56.8 Å². The van der Waals surface area contributed by atoms with Crippen molar-refractivity contribution in [3.05, 3.63) is 24.3 Å². The van der Waals surface area contributed by atoms with Crippen molar-refractivity contribution in [3.63, 3.8) is 0 Å². The number of carbonyl (C=O) groups excluding carboxylic acids is 1. The number of nitrogens with zero attached hydrogens (tertiary/aromatic N) is 4. The number of carbonyl (C=O) groups is 1. The van der Waals surface area contributed by atoms with Crippen LogP contribution in [0.15, 0.2) is 28.7 Å². The Morgan fingerprint density at radius 1 is 1.11 bits per heavy atom. The molecule has 7 nitrogen and oxygen atoms in total. The first-order valence-electron chi connectivity index (χ1n) is 10.2. The normalized spacial score (nSPS) is 21.0. The van der Waals surface area contributed by atoms with Crippen LogP contribution in [-0.4, -0.2) is 54.3 Å². The summed E-state index contributed by atoms with van der Waals surface area (Å²) in [7, 11) is 1.64. The van der Waals surface area contributed by atoms with Gasteiger partial charge in [0.2, 0.25) is 11.8 Å². The molecule has 1 aromatic heterocycles. The SMILES string of the molecule is COc1ccc(-c2nnc(N3CCC(C(=O)N4CCCC(C)C4)CC3)o2)cc1. The van der Waals surface area contributed by atoms with E-state index < -0.39 is 0 Å². The lowest BCUT2D eigenvalue weighted by Crippen LogP contribution is -2.46. The molecule has 1 amide bonds. The molecule has 1 unspecified atom stereocenters. The summed E-state index contributed by atoms with van der Waals surface area (Å²) < 4.78 is 11.1. The van der Waals surface area contributed by atoms with E-state index in [9.17, 15) is 4.79 Å². The highest BCUT2D eigenvalue weighted by molar-refractivity contribution is 5.79. The van der Waals surface area contributed by atoms with E-state index in [4.69, 9.17) is 9.15 Å². The Labute approximate surface area is 165 Å². The largest absolute Gasteiger partial charge is 0.497 e. The van der Waals surface area contributed by atoms with Gasteiger partial charge in [0, 0.05) is 37.7 Å². The van der Waals surface area contributed by atoms with Crippen molar-refractivity contribution in [2.24, 2.45) is 11.8 Å². The zero-order chi connectivity index (χ0) is 19.5. The molecule has 4 rings (SSSR count). The summed E-state index contributed by atoms with van der Waals surface area (Å²) in [5.41, 5.74) is 0.865. The first kappa shape index (κ1) is 18.8. The molecular formula is C21H28N4O3. The van der Waals surface area contributed by atoms with E-state index in [1.807, 2.05) is 24.3 Å². The number of likely N-dealkylation sites (tertiary alicyclic amines) is 1. The highest BCUT2D eigenvalue weighted by atomic mass is 16.5. The number of hydrogen-bond donors (Lipinski definition) is 0. The summed E-state index contributed by atoms with van der Waals surface area (Å²) in [6, 6.07) is 8.08. The first-order chi connectivity index (χ1) is 13.6. The Morgan fingerprint density at radius 2 is 1.86 bits per heavy atom. The van der Waals surface area contributed by atoms with Gasteiger partial charge in [0.1, 0.15) is 5.75 Å². The van der Waals surface area contributed by atoms with Crippen LogP contribution in [0.5, 0.6) is 5.75 Å². The van der Waals surface area contributed by atoms with E-state index in [1.165, 1.54) is 6.42 Å². The highest BCUT2D eigenvalue weighted by Gasteiger charge is 2.31. The van der Waals surface area contributed by atoms with Crippen LogP contribution in [0.4, 0.5) is 6.01 Å². The number of piperidine rings is 2. The van der Waals surface area contributed by atoms with Gasteiger partial charge in [-0.25, -0.2) is 0 Å². The summed E-state index contributed by atoms with van der Waals surface area (Å²) in [5, 5.41) is 8.39. The molecule has 1 atom stereocenters. The molecule has 28 heavy (non-hydrogen) atoms. The zero-order valence-electron chi connectivity index (χ0n) is 16.6. The van der Waals surface area contributed by atoms with Gasteiger partial charge in [0.05, 0.1) is 7.11 Å². The quantitative estimate of drug-likeness (QED) is 0.806. The van der Waals surface area contributed by atoms with Crippen molar-refractivity contribution in [2.45, 2.75) is 32.6 Å². The Morgan fingerprint density at radius 3 is 2.54 bits per heavy atom. The molecule has 150 valence electrons. The molecule has 2 aliphatic rings. The summed E-state index contributed by atoms with van der Waals surface area (Å²) in [6.07, 6.45) is 4.03. The van der Waals surface area contributed by atoms with Crippen molar-refractivity contribution >= 4 is 11.9 Å². The van der Waals surface area contributed by atoms with Gasteiger partial charge in [-0.3, -0.25) is 4.79 Å². The number of amides is 1. The third-order valence-electron chi connectivity index (χ3n) is 5.83. The lowest BCUT2D eigenvalue weighted by Gasteiger charge is -2.36. The number of methoxy groups -OCH3 is 1. The second kappa shape index (κ2) is 8.20. The van der Waals surface area contributed by atoms with Gasteiger partial charge in [0.15, 0.2) is 0 Å². The average Bonchev–Trinajstić information content (AvgIpc) is 3.24. The minimum absolute atomic E-state index is 0.116. The topological polar surface area (TPSA) is 71.7 Å². The van der Waals surface area contributed by atoms with Crippen molar-refractivity contribution in [2.75, 3.05) is 38.2 Å².